The highest BCUT2D eigenvalue weighted by molar-refractivity contribution is 5.64. The summed E-state index contributed by atoms with van der Waals surface area (Å²) in [5.74, 6) is 0. The third-order valence-electron chi connectivity index (χ3n) is 4.09. The summed E-state index contributed by atoms with van der Waals surface area (Å²) in [5.41, 5.74) is 4.19. The molecule has 5 nitrogen and oxygen atoms in total. The number of aliphatic hydroxyl groups is 1. The molecule has 3 rings (SSSR count). The van der Waals surface area contributed by atoms with Crippen LogP contribution in [0, 0.1) is 0 Å². The van der Waals surface area contributed by atoms with Crippen LogP contribution in [0.3, 0.4) is 0 Å². The van der Waals surface area contributed by atoms with Gasteiger partial charge < -0.3 is 10.0 Å². The van der Waals surface area contributed by atoms with Crippen LogP contribution in [0.5, 0.6) is 0 Å². The van der Waals surface area contributed by atoms with Crippen LogP contribution < -0.4 is 0 Å². The highest BCUT2D eigenvalue weighted by atomic mass is 16.3. The minimum atomic E-state index is -0.0770. The van der Waals surface area contributed by atoms with Gasteiger partial charge >= 0.3 is 0 Å². The van der Waals surface area contributed by atoms with Crippen molar-refractivity contribution in [3.05, 3.63) is 65.1 Å². The van der Waals surface area contributed by atoms with Crippen LogP contribution in [0.4, 0.5) is 0 Å². The van der Waals surface area contributed by atoms with Crippen molar-refractivity contribution < 1.29 is 9.90 Å². The first-order chi connectivity index (χ1) is 10.7. The van der Waals surface area contributed by atoms with Crippen LogP contribution in [-0.4, -0.2) is 32.6 Å². The van der Waals surface area contributed by atoms with Gasteiger partial charge in [0, 0.05) is 19.8 Å². The second-order valence-corrected chi connectivity index (χ2v) is 5.41. The summed E-state index contributed by atoms with van der Waals surface area (Å²) >= 11 is 0. The molecule has 0 amide bonds. The third-order valence-corrected chi connectivity index (χ3v) is 4.09. The lowest BCUT2D eigenvalue weighted by Crippen LogP contribution is -2.33. The van der Waals surface area contributed by atoms with E-state index in [-0.39, 0.29) is 12.6 Å². The van der Waals surface area contributed by atoms with Gasteiger partial charge in [-0.15, -0.1) is 0 Å². The minimum absolute atomic E-state index is 0.000972. The molecule has 1 aromatic carbocycles. The van der Waals surface area contributed by atoms with Crippen LogP contribution in [0.15, 0.2) is 42.6 Å². The van der Waals surface area contributed by atoms with E-state index in [1.165, 1.54) is 17.2 Å². The molecule has 0 saturated carbocycles. The van der Waals surface area contributed by atoms with E-state index >= 15 is 0 Å². The first-order valence-corrected chi connectivity index (χ1v) is 7.33. The van der Waals surface area contributed by atoms with E-state index in [0.29, 0.717) is 5.69 Å². The zero-order valence-electron chi connectivity index (χ0n) is 12.5. The molecule has 5 heteroatoms. The molecule has 1 N–H and O–H groups in total. The van der Waals surface area contributed by atoms with Crippen LogP contribution in [0.1, 0.15) is 28.6 Å². The van der Waals surface area contributed by atoms with Gasteiger partial charge in [-0.25, -0.2) is 0 Å². The Balaban J connectivity index is 2.10. The fraction of sp³-hybridized carbons (Fsp3) is 0.294. The van der Waals surface area contributed by atoms with Gasteiger partial charge in [0.25, 0.3) is 0 Å². The number of nitrogens with zero attached hydrogens (tertiary/aromatic N) is 3. The maximum atomic E-state index is 10.7. The number of aryl methyl sites for hydroxylation is 1. The van der Waals surface area contributed by atoms with Crippen molar-refractivity contribution in [3.8, 4) is 0 Å². The highest BCUT2D eigenvalue weighted by Crippen LogP contribution is 2.35. The standard InChI is InChI=1S/C17H19N3O2/c1-19-16(11-14(12-22)18-19)17-15-6-3-2-5-13(15)7-9-20(17)8-4-10-21/h2-6,8,10-11,17,22H,7,9,12H2,1H3. The van der Waals surface area contributed by atoms with Gasteiger partial charge in [0.1, 0.15) is 6.29 Å². The monoisotopic (exact) mass is 297 g/mol. The lowest BCUT2D eigenvalue weighted by atomic mass is 9.91. The van der Waals surface area contributed by atoms with E-state index < -0.39 is 0 Å². The quantitative estimate of drug-likeness (QED) is 0.687. The smallest absolute Gasteiger partial charge is 0.144 e. The fourth-order valence-corrected chi connectivity index (χ4v) is 3.10. The summed E-state index contributed by atoms with van der Waals surface area (Å²) in [5, 5.41) is 13.7. The number of allylic oxidation sites excluding steroid dienone is 1. The van der Waals surface area contributed by atoms with E-state index in [2.05, 4.69) is 28.2 Å². The van der Waals surface area contributed by atoms with Crippen molar-refractivity contribution in [1.29, 1.82) is 0 Å². The SMILES string of the molecule is Cn1nc(CO)cc1C1c2ccccc2CCN1C=CC=O. The molecule has 1 atom stereocenters. The van der Waals surface area contributed by atoms with Crippen LogP contribution in [0.25, 0.3) is 0 Å². The molecule has 1 aliphatic heterocycles. The highest BCUT2D eigenvalue weighted by Gasteiger charge is 2.29. The zero-order valence-corrected chi connectivity index (χ0v) is 12.5. The third kappa shape index (κ3) is 2.55. The maximum absolute atomic E-state index is 10.7. The van der Waals surface area contributed by atoms with Crippen LogP contribution in [0.2, 0.25) is 0 Å². The zero-order chi connectivity index (χ0) is 15.5. The number of benzene rings is 1. The number of fused-ring (bicyclic) bond motifs is 1. The van der Waals surface area contributed by atoms with Crippen molar-refractivity contribution in [3.63, 3.8) is 0 Å². The number of carbonyl (C=O) groups excluding carboxylic acids is 1. The van der Waals surface area contributed by atoms with Crippen molar-refractivity contribution in [2.24, 2.45) is 7.05 Å². The van der Waals surface area contributed by atoms with Crippen molar-refractivity contribution in [2.45, 2.75) is 19.1 Å². The molecule has 0 bridgehead atoms. The van der Waals surface area contributed by atoms with E-state index in [1.807, 2.05) is 25.4 Å². The van der Waals surface area contributed by atoms with Gasteiger partial charge in [-0.05, 0) is 29.7 Å². The Morgan fingerprint density at radius 1 is 1.41 bits per heavy atom. The fourth-order valence-electron chi connectivity index (χ4n) is 3.10. The molecule has 2 heterocycles. The Hall–Kier alpha value is -2.40. The molecule has 0 saturated heterocycles. The molecule has 0 aliphatic carbocycles. The molecule has 0 spiro atoms. The Morgan fingerprint density at radius 2 is 2.23 bits per heavy atom. The second-order valence-electron chi connectivity index (χ2n) is 5.41. The lowest BCUT2D eigenvalue weighted by molar-refractivity contribution is -0.104. The van der Waals surface area contributed by atoms with Crippen molar-refractivity contribution in [2.75, 3.05) is 6.54 Å². The Labute approximate surface area is 129 Å². The molecular weight excluding hydrogens is 278 g/mol. The molecule has 1 aromatic heterocycles. The number of rotatable bonds is 4. The van der Waals surface area contributed by atoms with Gasteiger partial charge in [0.05, 0.1) is 24.0 Å². The van der Waals surface area contributed by atoms with E-state index in [0.717, 1.165) is 24.9 Å². The predicted molar refractivity (Wildman–Crippen MR) is 83.0 cm³/mol. The van der Waals surface area contributed by atoms with E-state index in [4.69, 9.17) is 0 Å². The van der Waals surface area contributed by atoms with Gasteiger partial charge in [-0.2, -0.15) is 5.10 Å². The Morgan fingerprint density at radius 3 is 2.95 bits per heavy atom. The second kappa shape index (κ2) is 6.15. The van der Waals surface area contributed by atoms with Crippen molar-refractivity contribution in [1.82, 2.24) is 14.7 Å². The topological polar surface area (TPSA) is 58.4 Å². The molecule has 1 aliphatic rings. The largest absolute Gasteiger partial charge is 0.390 e. The lowest BCUT2D eigenvalue weighted by Gasteiger charge is -2.36. The summed E-state index contributed by atoms with van der Waals surface area (Å²) < 4.78 is 1.81. The number of carbonyl (C=O) groups is 1. The molecule has 22 heavy (non-hydrogen) atoms. The van der Waals surface area contributed by atoms with Gasteiger partial charge in [0.15, 0.2) is 0 Å². The average molecular weight is 297 g/mol. The van der Waals surface area contributed by atoms with Crippen LogP contribution >= 0.6 is 0 Å². The number of hydrogen-bond acceptors (Lipinski definition) is 4. The van der Waals surface area contributed by atoms with Crippen LogP contribution in [-0.2, 0) is 24.9 Å². The number of aromatic nitrogens is 2. The molecule has 114 valence electrons. The molecule has 0 radical (unpaired) electrons. The Kier molecular flexibility index (Phi) is 4.06. The maximum Gasteiger partial charge on any atom is 0.144 e. The predicted octanol–water partition coefficient (Wildman–Crippen LogP) is 1.57. The molecule has 0 fully saturated rings. The molecule has 1 unspecified atom stereocenters. The Bertz CT molecular complexity index is 706. The number of hydrogen-bond donors (Lipinski definition) is 1. The van der Waals surface area contributed by atoms with E-state index in [1.54, 1.807) is 4.68 Å². The van der Waals surface area contributed by atoms with E-state index in [9.17, 15) is 9.90 Å². The molecule has 2 aromatic rings. The summed E-state index contributed by atoms with van der Waals surface area (Å²) in [6, 6.07) is 10.3. The summed E-state index contributed by atoms with van der Waals surface area (Å²) in [6.45, 7) is 0.762. The summed E-state index contributed by atoms with van der Waals surface area (Å²) in [7, 11) is 1.88. The minimum Gasteiger partial charge on any atom is -0.390 e. The van der Waals surface area contributed by atoms with Gasteiger partial charge in [-0.1, -0.05) is 24.3 Å². The normalized spacial score (nSPS) is 17.7. The average Bonchev–Trinajstić information content (AvgIpc) is 2.93. The van der Waals surface area contributed by atoms with Gasteiger partial charge in [0.2, 0.25) is 0 Å². The number of aldehydes is 1. The molecular formula is C17H19N3O2. The number of aliphatic hydroxyl groups excluding tert-OH is 1. The van der Waals surface area contributed by atoms with Crippen molar-refractivity contribution >= 4 is 6.29 Å². The first kappa shape index (κ1) is 14.5. The summed E-state index contributed by atoms with van der Waals surface area (Å²) in [4.78, 5) is 12.8. The van der Waals surface area contributed by atoms with Gasteiger partial charge in [-0.3, -0.25) is 9.48 Å². The first-order valence-electron chi connectivity index (χ1n) is 7.33. The summed E-state index contributed by atoms with van der Waals surface area (Å²) in [6.07, 6.45) is 5.09.